The van der Waals surface area contributed by atoms with Crippen molar-refractivity contribution in [2.75, 3.05) is 45.4 Å². The molecule has 0 atom stereocenters. The average Bonchev–Trinajstić information content (AvgIpc) is 3.17. The van der Waals surface area contributed by atoms with Gasteiger partial charge in [-0.1, -0.05) is 12.1 Å². The molecule has 7 heteroatoms. The molecule has 5 rings (SSSR count). The molecule has 2 aliphatic heterocycles. The molecule has 0 aromatic heterocycles. The third-order valence-corrected chi connectivity index (χ3v) is 5.82. The van der Waals surface area contributed by atoms with E-state index in [9.17, 15) is 4.79 Å². The van der Waals surface area contributed by atoms with E-state index in [4.69, 9.17) is 18.9 Å². The number of fused-ring (bicyclic) bond motifs is 2. The van der Waals surface area contributed by atoms with E-state index in [1.165, 1.54) is 0 Å². The SMILES string of the molecule is COc1cc2cc3c(c(-c4ccc(N5CCOCC5)cc4)c2cc1OC)C(=O)OC3.Cl. The molecule has 0 radical (unpaired) electrons. The van der Waals surface area contributed by atoms with Crippen LogP contribution in [0.2, 0.25) is 0 Å². The van der Waals surface area contributed by atoms with Gasteiger partial charge in [-0.3, -0.25) is 0 Å². The Hall–Kier alpha value is -2.96. The molecule has 6 nitrogen and oxygen atoms in total. The average molecular weight is 442 g/mol. The van der Waals surface area contributed by atoms with Gasteiger partial charge in [0, 0.05) is 29.9 Å². The van der Waals surface area contributed by atoms with Crippen LogP contribution >= 0.6 is 12.4 Å². The van der Waals surface area contributed by atoms with Crippen molar-refractivity contribution in [1.82, 2.24) is 0 Å². The van der Waals surface area contributed by atoms with Crippen LogP contribution in [0.4, 0.5) is 5.69 Å². The highest BCUT2D eigenvalue weighted by atomic mass is 35.5. The fourth-order valence-electron chi connectivity index (χ4n) is 4.31. The summed E-state index contributed by atoms with van der Waals surface area (Å²) in [5.74, 6) is 1.00. The number of rotatable bonds is 4. The molecule has 162 valence electrons. The van der Waals surface area contributed by atoms with Gasteiger partial charge in [-0.2, -0.15) is 0 Å². The minimum Gasteiger partial charge on any atom is -0.493 e. The van der Waals surface area contributed by atoms with E-state index >= 15 is 0 Å². The summed E-state index contributed by atoms with van der Waals surface area (Å²) in [6.07, 6.45) is 0. The van der Waals surface area contributed by atoms with E-state index in [1.807, 2.05) is 18.2 Å². The first-order valence-corrected chi connectivity index (χ1v) is 10.0. The Labute approximate surface area is 187 Å². The fraction of sp³-hybridized carbons (Fsp3) is 0.292. The number of carbonyl (C=O) groups is 1. The number of benzene rings is 3. The lowest BCUT2D eigenvalue weighted by Crippen LogP contribution is -2.36. The van der Waals surface area contributed by atoms with E-state index in [2.05, 4.69) is 29.2 Å². The monoisotopic (exact) mass is 441 g/mol. The second-order valence-corrected chi connectivity index (χ2v) is 7.44. The number of cyclic esters (lactones) is 1. The van der Waals surface area contributed by atoms with Gasteiger partial charge in [0.25, 0.3) is 0 Å². The van der Waals surface area contributed by atoms with Crippen LogP contribution in [0.25, 0.3) is 21.9 Å². The molecule has 0 aliphatic carbocycles. The third-order valence-electron chi connectivity index (χ3n) is 5.82. The lowest BCUT2D eigenvalue weighted by Gasteiger charge is -2.29. The second-order valence-electron chi connectivity index (χ2n) is 7.44. The van der Waals surface area contributed by atoms with Crippen molar-refractivity contribution in [2.45, 2.75) is 6.61 Å². The summed E-state index contributed by atoms with van der Waals surface area (Å²) in [5.41, 5.74) is 4.53. The number of anilines is 1. The van der Waals surface area contributed by atoms with E-state index < -0.39 is 0 Å². The Morgan fingerprint density at radius 1 is 0.903 bits per heavy atom. The topological polar surface area (TPSA) is 57.2 Å². The summed E-state index contributed by atoms with van der Waals surface area (Å²) in [6.45, 7) is 3.54. The molecular weight excluding hydrogens is 418 g/mol. The molecule has 0 spiro atoms. The molecule has 0 saturated carbocycles. The van der Waals surface area contributed by atoms with Crippen LogP contribution in [0.1, 0.15) is 15.9 Å². The number of halogens is 1. The zero-order valence-electron chi connectivity index (χ0n) is 17.5. The van der Waals surface area contributed by atoms with Crippen molar-refractivity contribution in [2.24, 2.45) is 0 Å². The molecule has 2 aliphatic rings. The first kappa shape index (κ1) is 21.3. The quantitative estimate of drug-likeness (QED) is 0.557. The van der Waals surface area contributed by atoms with E-state index in [0.717, 1.165) is 59.5 Å². The number of esters is 1. The molecule has 2 heterocycles. The van der Waals surface area contributed by atoms with Crippen molar-refractivity contribution in [3.05, 3.63) is 53.6 Å². The maximum atomic E-state index is 12.6. The second kappa shape index (κ2) is 8.65. The summed E-state index contributed by atoms with van der Waals surface area (Å²) < 4.78 is 21.8. The number of ether oxygens (including phenoxy) is 4. The highest BCUT2D eigenvalue weighted by Crippen LogP contribution is 2.42. The lowest BCUT2D eigenvalue weighted by molar-refractivity contribution is 0.0535. The summed E-state index contributed by atoms with van der Waals surface area (Å²) in [7, 11) is 3.23. The molecule has 0 unspecified atom stereocenters. The van der Waals surface area contributed by atoms with Crippen LogP contribution in [0.15, 0.2) is 42.5 Å². The Balaban J connectivity index is 0.00000231. The highest BCUT2D eigenvalue weighted by molar-refractivity contribution is 6.11. The van der Waals surface area contributed by atoms with Crippen LogP contribution in [0.5, 0.6) is 11.5 Å². The molecule has 0 bridgehead atoms. The van der Waals surface area contributed by atoms with Gasteiger partial charge in [-0.25, -0.2) is 4.79 Å². The van der Waals surface area contributed by atoms with Crippen molar-refractivity contribution in [3.63, 3.8) is 0 Å². The number of hydrogen-bond donors (Lipinski definition) is 0. The van der Waals surface area contributed by atoms with Crippen molar-refractivity contribution in [1.29, 1.82) is 0 Å². The predicted molar refractivity (Wildman–Crippen MR) is 122 cm³/mol. The van der Waals surface area contributed by atoms with Crippen molar-refractivity contribution in [3.8, 4) is 22.6 Å². The van der Waals surface area contributed by atoms with Gasteiger partial charge in [0.15, 0.2) is 11.5 Å². The van der Waals surface area contributed by atoms with E-state index in [1.54, 1.807) is 14.2 Å². The van der Waals surface area contributed by atoms with E-state index in [0.29, 0.717) is 17.1 Å². The summed E-state index contributed by atoms with van der Waals surface area (Å²) in [4.78, 5) is 14.9. The van der Waals surface area contributed by atoms with Crippen molar-refractivity contribution >= 4 is 34.8 Å². The van der Waals surface area contributed by atoms with Gasteiger partial charge < -0.3 is 23.8 Å². The summed E-state index contributed by atoms with van der Waals surface area (Å²) in [6, 6.07) is 14.2. The van der Waals surface area contributed by atoms with Gasteiger partial charge in [-0.05, 0) is 46.7 Å². The highest BCUT2D eigenvalue weighted by Gasteiger charge is 2.28. The molecule has 31 heavy (non-hydrogen) atoms. The van der Waals surface area contributed by atoms with Gasteiger partial charge in [0.2, 0.25) is 0 Å². The zero-order valence-corrected chi connectivity index (χ0v) is 18.3. The lowest BCUT2D eigenvalue weighted by atomic mass is 9.90. The Morgan fingerprint density at radius 3 is 2.26 bits per heavy atom. The molecular formula is C24H24ClNO5. The van der Waals surface area contributed by atoms with Crippen LogP contribution in [-0.2, 0) is 16.1 Å². The van der Waals surface area contributed by atoms with Gasteiger partial charge in [0.05, 0.1) is 33.0 Å². The first-order valence-electron chi connectivity index (χ1n) is 10.0. The molecule has 0 amide bonds. The molecule has 3 aromatic carbocycles. The molecule has 1 saturated heterocycles. The number of carbonyl (C=O) groups excluding carboxylic acids is 1. The largest absolute Gasteiger partial charge is 0.493 e. The van der Waals surface area contributed by atoms with Crippen molar-refractivity contribution < 1.29 is 23.7 Å². The van der Waals surface area contributed by atoms with Crippen LogP contribution in [0, 0.1) is 0 Å². The maximum absolute atomic E-state index is 12.6. The Kier molecular flexibility index (Phi) is 5.94. The Morgan fingerprint density at radius 2 is 1.58 bits per heavy atom. The predicted octanol–water partition coefficient (Wildman–Crippen LogP) is 4.45. The normalized spacial score (nSPS) is 15.3. The molecule has 3 aromatic rings. The van der Waals surface area contributed by atoms with Gasteiger partial charge >= 0.3 is 5.97 Å². The smallest absolute Gasteiger partial charge is 0.339 e. The minimum atomic E-state index is -0.283. The first-order chi connectivity index (χ1) is 14.7. The third kappa shape index (κ3) is 3.66. The fourth-order valence-corrected chi connectivity index (χ4v) is 4.31. The molecule has 1 fully saturated rings. The number of nitrogens with zero attached hydrogens (tertiary/aromatic N) is 1. The zero-order chi connectivity index (χ0) is 20.7. The molecule has 0 N–H and O–H groups in total. The van der Waals surface area contributed by atoms with Crippen LogP contribution in [0.3, 0.4) is 0 Å². The number of methoxy groups -OCH3 is 2. The number of hydrogen-bond acceptors (Lipinski definition) is 6. The van der Waals surface area contributed by atoms with Gasteiger partial charge in [-0.15, -0.1) is 12.4 Å². The minimum absolute atomic E-state index is 0. The van der Waals surface area contributed by atoms with Crippen LogP contribution < -0.4 is 14.4 Å². The van der Waals surface area contributed by atoms with E-state index in [-0.39, 0.29) is 25.0 Å². The summed E-state index contributed by atoms with van der Waals surface area (Å²) >= 11 is 0. The Bertz CT molecular complexity index is 1120. The summed E-state index contributed by atoms with van der Waals surface area (Å²) in [5, 5.41) is 1.92. The number of morpholine rings is 1. The van der Waals surface area contributed by atoms with Crippen LogP contribution in [-0.4, -0.2) is 46.5 Å². The maximum Gasteiger partial charge on any atom is 0.339 e. The van der Waals surface area contributed by atoms with Gasteiger partial charge in [0.1, 0.15) is 6.61 Å². The standard InChI is InChI=1S/C24H23NO5.ClH/c1-27-20-12-16-11-17-14-30-24(26)23(17)22(19(16)13-21(20)28-2)15-3-5-18(6-4-15)25-7-9-29-10-8-25;/h3-6,11-13H,7-10,14H2,1-2H3;1H.